The number of aliphatic hydroxyl groups is 1. The SMILES string of the molecule is CC(CO)N=C1Nc2ccc(C(F)(F)F)c(Cl)c2C(c2nc(OCc3ccccc3)ccc2F)=N[C@H]1C. The Bertz CT molecular complexity index is 1350. The molecule has 0 aliphatic carbocycles. The maximum Gasteiger partial charge on any atom is 0.417 e. The van der Waals surface area contributed by atoms with Crippen LogP contribution in [-0.4, -0.2) is 40.3 Å². The topological polar surface area (TPSA) is 79.1 Å². The average molecular weight is 535 g/mol. The fraction of sp³-hybridized carbons (Fsp3) is 0.269. The summed E-state index contributed by atoms with van der Waals surface area (Å²) in [6.45, 7) is 3.18. The van der Waals surface area contributed by atoms with E-state index in [9.17, 15) is 18.3 Å². The first-order chi connectivity index (χ1) is 17.6. The van der Waals surface area contributed by atoms with Crippen molar-refractivity contribution in [2.75, 3.05) is 11.9 Å². The van der Waals surface area contributed by atoms with Crippen LogP contribution in [0.4, 0.5) is 23.2 Å². The Kier molecular flexibility index (Phi) is 7.79. The molecule has 1 aromatic heterocycles. The van der Waals surface area contributed by atoms with E-state index in [0.717, 1.165) is 17.7 Å². The minimum absolute atomic E-state index is 0.0558. The van der Waals surface area contributed by atoms with Crippen LogP contribution in [0.15, 0.2) is 64.6 Å². The van der Waals surface area contributed by atoms with Gasteiger partial charge in [0.2, 0.25) is 5.88 Å². The normalized spacial score (nSPS) is 17.5. The van der Waals surface area contributed by atoms with Crippen molar-refractivity contribution < 1.29 is 27.4 Å². The van der Waals surface area contributed by atoms with Gasteiger partial charge in [0.05, 0.1) is 34.6 Å². The van der Waals surface area contributed by atoms with Crippen LogP contribution >= 0.6 is 11.6 Å². The molecule has 37 heavy (non-hydrogen) atoms. The lowest BCUT2D eigenvalue weighted by atomic mass is 10.0. The minimum atomic E-state index is -4.76. The van der Waals surface area contributed by atoms with Crippen LogP contribution in [0.1, 0.15) is 36.2 Å². The number of anilines is 1. The number of ether oxygens (including phenoxy) is 1. The lowest BCUT2D eigenvalue weighted by molar-refractivity contribution is -0.137. The highest BCUT2D eigenvalue weighted by Gasteiger charge is 2.37. The van der Waals surface area contributed by atoms with Gasteiger partial charge in [0, 0.05) is 11.6 Å². The number of aliphatic imine (C=N–C) groups is 2. The van der Waals surface area contributed by atoms with Crippen LogP contribution in [0.2, 0.25) is 5.02 Å². The average Bonchev–Trinajstić information content (AvgIpc) is 3.00. The Morgan fingerprint density at radius 3 is 2.54 bits per heavy atom. The predicted octanol–water partition coefficient (Wildman–Crippen LogP) is 5.90. The molecule has 0 amide bonds. The number of nitrogens with one attached hydrogen (secondary N) is 1. The first-order valence-electron chi connectivity index (χ1n) is 11.4. The molecule has 0 saturated heterocycles. The van der Waals surface area contributed by atoms with E-state index in [1.54, 1.807) is 13.8 Å². The fourth-order valence-corrected chi connectivity index (χ4v) is 4.05. The van der Waals surface area contributed by atoms with Crippen LogP contribution in [0, 0.1) is 5.82 Å². The highest BCUT2D eigenvalue weighted by atomic mass is 35.5. The number of alkyl halides is 3. The number of hydrogen-bond donors (Lipinski definition) is 2. The van der Waals surface area contributed by atoms with Crippen LogP contribution in [0.3, 0.4) is 0 Å². The van der Waals surface area contributed by atoms with Gasteiger partial charge in [0.1, 0.15) is 24.2 Å². The number of fused-ring (bicyclic) bond motifs is 1. The lowest BCUT2D eigenvalue weighted by Gasteiger charge is -2.18. The number of amidine groups is 1. The Morgan fingerprint density at radius 2 is 1.86 bits per heavy atom. The monoisotopic (exact) mass is 534 g/mol. The number of hydrogen-bond acceptors (Lipinski definition) is 5. The number of benzene rings is 2. The fourth-order valence-electron chi connectivity index (χ4n) is 3.69. The van der Waals surface area contributed by atoms with Crippen molar-refractivity contribution in [2.24, 2.45) is 9.98 Å². The van der Waals surface area contributed by atoms with E-state index in [-0.39, 0.29) is 47.6 Å². The number of pyridine rings is 1. The summed E-state index contributed by atoms with van der Waals surface area (Å²) < 4.78 is 62.0. The number of halogens is 5. The zero-order valence-electron chi connectivity index (χ0n) is 19.9. The van der Waals surface area contributed by atoms with Gasteiger partial charge in [0.15, 0.2) is 5.82 Å². The molecule has 0 bridgehead atoms. The molecule has 3 aromatic rings. The van der Waals surface area contributed by atoms with Gasteiger partial charge in [-0.05, 0) is 37.6 Å². The Morgan fingerprint density at radius 1 is 1.14 bits per heavy atom. The number of nitrogens with zero attached hydrogens (tertiary/aromatic N) is 3. The molecule has 194 valence electrons. The smallest absolute Gasteiger partial charge is 0.417 e. The standard InChI is InChI=1S/C26H23ClF4N4O2/c1-14(12-36)32-25-15(2)33-24(21-19(34-25)10-8-17(22(21)27)26(29,30)31)23-18(28)9-11-20(35-23)37-13-16-6-4-3-5-7-16/h3-11,14-15,36H,12-13H2,1-2H3,(H,32,34)/t14?,15-/m0/s1. The third kappa shape index (κ3) is 5.91. The van der Waals surface area contributed by atoms with E-state index >= 15 is 4.39 Å². The Hall–Kier alpha value is -3.50. The van der Waals surface area contributed by atoms with Crippen molar-refractivity contribution in [2.45, 2.75) is 38.7 Å². The van der Waals surface area contributed by atoms with Crippen LogP contribution < -0.4 is 10.1 Å². The maximum absolute atomic E-state index is 15.2. The van der Waals surface area contributed by atoms with Crippen molar-refractivity contribution in [1.82, 2.24) is 4.98 Å². The van der Waals surface area contributed by atoms with Gasteiger partial charge in [-0.1, -0.05) is 41.9 Å². The lowest BCUT2D eigenvalue weighted by Crippen LogP contribution is -2.26. The summed E-state index contributed by atoms with van der Waals surface area (Å²) in [5.41, 5.74) is -0.787. The summed E-state index contributed by atoms with van der Waals surface area (Å²) in [4.78, 5) is 13.1. The molecule has 2 aromatic carbocycles. The van der Waals surface area contributed by atoms with Crippen molar-refractivity contribution >= 4 is 28.8 Å². The molecule has 0 fully saturated rings. The van der Waals surface area contributed by atoms with E-state index in [1.807, 2.05) is 30.3 Å². The predicted molar refractivity (Wildman–Crippen MR) is 134 cm³/mol. The second-order valence-corrected chi connectivity index (χ2v) is 8.80. The molecule has 2 atom stereocenters. The Labute approximate surface area is 215 Å². The van der Waals surface area contributed by atoms with Crippen LogP contribution in [-0.2, 0) is 12.8 Å². The molecule has 0 saturated carbocycles. The summed E-state index contributed by atoms with van der Waals surface area (Å²) in [5, 5.41) is 11.7. The molecule has 0 spiro atoms. The summed E-state index contributed by atoms with van der Waals surface area (Å²) >= 11 is 6.29. The van der Waals surface area contributed by atoms with Crippen molar-refractivity contribution in [1.29, 1.82) is 0 Å². The van der Waals surface area contributed by atoms with E-state index in [2.05, 4.69) is 20.3 Å². The second kappa shape index (κ2) is 10.9. The van der Waals surface area contributed by atoms with Crippen molar-refractivity contribution in [3.05, 3.63) is 87.8 Å². The summed E-state index contributed by atoms with van der Waals surface area (Å²) in [5.74, 6) is -0.493. The molecular formula is C26H23ClF4N4O2. The second-order valence-electron chi connectivity index (χ2n) is 8.43. The first-order valence-corrected chi connectivity index (χ1v) is 11.7. The molecule has 1 aliphatic heterocycles. The zero-order chi connectivity index (χ0) is 26.7. The molecule has 6 nitrogen and oxygen atoms in total. The molecule has 1 unspecified atom stereocenters. The molecule has 2 heterocycles. The highest BCUT2D eigenvalue weighted by Crippen LogP contribution is 2.41. The highest BCUT2D eigenvalue weighted by molar-refractivity contribution is 6.38. The molecule has 4 rings (SSSR count). The van der Waals surface area contributed by atoms with E-state index in [1.165, 1.54) is 12.1 Å². The van der Waals surface area contributed by atoms with Gasteiger partial charge in [-0.15, -0.1) is 0 Å². The number of aliphatic hydroxyl groups excluding tert-OH is 1. The van der Waals surface area contributed by atoms with E-state index in [4.69, 9.17) is 16.3 Å². The molecular weight excluding hydrogens is 512 g/mol. The zero-order valence-corrected chi connectivity index (χ0v) is 20.6. The van der Waals surface area contributed by atoms with Crippen LogP contribution in [0.5, 0.6) is 5.88 Å². The number of rotatable bonds is 6. The quantitative estimate of drug-likeness (QED) is 0.386. The third-order valence-electron chi connectivity index (χ3n) is 5.56. The summed E-state index contributed by atoms with van der Waals surface area (Å²) in [7, 11) is 0. The van der Waals surface area contributed by atoms with Gasteiger partial charge in [-0.3, -0.25) is 9.98 Å². The Balaban J connectivity index is 1.86. The van der Waals surface area contributed by atoms with Crippen molar-refractivity contribution in [3.63, 3.8) is 0 Å². The van der Waals surface area contributed by atoms with E-state index in [0.29, 0.717) is 0 Å². The van der Waals surface area contributed by atoms with Crippen molar-refractivity contribution in [3.8, 4) is 5.88 Å². The summed E-state index contributed by atoms with van der Waals surface area (Å²) in [6, 6.07) is 12.4. The van der Waals surface area contributed by atoms with Gasteiger partial charge in [0.25, 0.3) is 0 Å². The van der Waals surface area contributed by atoms with Gasteiger partial charge >= 0.3 is 6.18 Å². The third-order valence-corrected chi connectivity index (χ3v) is 5.96. The largest absolute Gasteiger partial charge is 0.473 e. The minimum Gasteiger partial charge on any atom is -0.473 e. The maximum atomic E-state index is 15.2. The van der Waals surface area contributed by atoms with Gasteiger partial charge in [-0.25, -0.2) is 9.37 Å². The summed E-state index contributed by atoms with van der Waals surface area (Å²) in [6.07, 6.45) is -4.76. The van der Waals surface area contributed by atoms with Gasteiger partial charge in [-0.2, -0.15) is 13.2 Å². The molecule has 2 N–H and O–H groups in total. The van der Waals surface area contributed by atoms with E-state index < -0.39 is 34.7 Å². The van der Waals surface area contributed by atoms with Gasteiger partial charge < -0.3 is 15.2 Å². The molecule has 11 heteroatoms. The number of aromatic nitrogens is 1. The first kappa shape index (κ1) is 26.6. The van der Waals surface area contributed by atoms with Crippen LogP contribution in [0.25, 0.3) is 0 Å². The molecule has 1 aliphatic rings. The molecule has 0 radical (unpaired) electrons. The number of benzodiazepines with no additional fused rings is 1.